The van der Waals surface area contributed by atoms with Gasteiger partial charge in [0.05, 0.1) is 12.8 Å². The molecule has 0 aliphatic heterocycles. The van der Waals surface area contributed by atoms with E-state index in [0.29, 0.717) is 22.4 Å². The maximum atomic E-state index is 13.5. The number of rotatable bonds is 4. The average molecular weight is 253 g/mol. The third kappa shape index (κ3) is 2.85. The van der Waals surface area contributed by atoms with Crippen LogP contribution in [0.1, 0.15) is 6.92 Å². The van der Waals surface area contributed by atoms with E-state index in [4.69, 9.17) is 10.5 Å². The van der Waals surface area contributed by atoms with E-state index < -0.39 is 5.82 Å². The molecule has 3 N–H and O–H groups in total. The van der Waals surface area contributed by atoms with Crippen LogP contribution in [0.4, 0.5) is 20.2 Å². The van der Waals surface area contributed by atoms with Crippen molar-refractivity contribution >= 4 is 27.2 Å². The van der Waals surface area contributed by atoms with Gasteiger partial charge in [0.2, 0.25) is 0 Å². The van der Waals surface area contributed by atoms with E-state index in [1.54, 1.807) is 18.3 Å². The Morgan fingerprint density at radius 1 is 1.53 bits per heavy atom. The average Bonchev–Trinajstić information content (AvgIpc) is 2.68. The van der Waals surface area contributed by atoms with Crippen LogP contribution in [0, 0.1) is 5.82 Å². The highest BCUT2D eigenvalue weighted by Crippen LogP contribution is 2.26. The van der Waals surface area contributed by atoms with Gasteiger partial charge < -0.3 is 15.8 Å². The minimum absolute atomic E-state index is 0.247. The van der Waals surface area contributed by atoms with Gasteiger partial charge in [0.25, 0.3) is 0 Å². The molecule has 2 rings (SSSR count). The molecule has 0 radical (unpaired) electrons. The van der Waals surface area contributed by atoms with Gasteiger partial charge in [-0.05, 0) is 19.1 Å². The number of hydrogen-bond donors (Lipinski definition) is 2. The van der Waals surface area contributed by atoms with Crippen molar-refractivity contribution < 1.29 is 9.13 Å². The number of halogens is 1. The summed E-state index contributed by atoms with van der Waals surface area (Å²) in [6.45, 7) is 2.25. The summed E-state index contributed by atoms with van der Waals surface area (Å²) < 4.78 is 18.6. The molecule has 0 atom stereocenters. The maximum Gasteiger partial charge on any atom is 0.189 e. The standard InChI is InChI=1S/C11H12FN3OS/c1-2-16-9-4-3-7(5-8(9)12)15-11-14-6-10(13)17-11/h3-6H,2,13H2,1H3,(H,14,15). The molecule has 4 nitrogen and oxygen atoms in total. The molecule has 0 saturated carbocycles. The summed E-state index contributed by atoms with van der Waals surface area (Å²) in [6, 6.07) is 4.67. The first kappa shape index (κ1) is 11.7. The zero-order valence-electron chi connectivity index (χ0n) is 9.24. The molecule has 0 spiro atoms. The normalized spacial score (nSPS) is 10.2. The van der Waals surface area contributed by atoms with Crippen LogP contribution >= 0.6 is 11.3 Å². The highest BCUT2D eigenvalue weighted by Gasteiger charge is 2.05. The molecular weight excluding hydrogens is 241 g/mol. The van der Waals surface area contributed by atoms with Gasteiger partial charge in [-0.15, -0.1) is 0 Å². The van der Waals surface area contributed by atoms with E-state index in [9.17, 15) is 4.39 Å². The van der Waals surface area contributed by atoms with E-state index in [2.05, 4.69) is 10.3 Å². The first-order valence-electron chi connectivity index (χ1n) is 5.09. The van der Waals surface area contributed by atoms with Crippen LogP contribution in [0.5, 0.6) is 5.75 Å². The number of hydrogen-bond acceptors (Lipinski definition) is 5. The lowest BCUT2D eigenvalue weighted by molar-refractivity contribution is 0.321. The van der Waals surface area contributed by atoms with Crippen LogP contribution in [0.25, 0.3) is 0 Å². The summed E-state index contributed by atoms with van der Waals surface area (Å²) in [5, 5.41) is 4.21. The second-order valence-corrected chi connectivity index (χ2v) is 4.33. The van der Waals surface area contributed by atoms with E-state index in [1.807, 2.05) is 6.92 Å². The topological polar surface area (TPSA) is 60.2 Å². The summed E-state index contributed by atoms with van der Waals surface area (Å²) in [6.07, 6.45) is 1.55. The van der Waals surface area contributed by atoms with Crippen molar-refractivity contribution in [3.8, 4) is 5.75 Å². The third-order valence-corrected chi connectivity index (χ3v) is 2.75. The van der Waals surface area contributed by atoms with Crippen LogP contribution in [-0.2, 0) is 0 Å². The SMILES string of the molecule is CCOc1ccc(Nc2ncc(N)s2)cc1F. The summed E-state index contributed by atoms with van der Waals surface area (Å²) in [4.78, 5) is 4.03. The van der Waals surface area contributed by atoms with Gasteiger partial charge >= 0.3 is 0 Å². The summed E-state index contributed by atoms with van der Waals surface area (Å²) in [5.74, 6) is -0.155. The monoisotopic (exact) mass is 253 g/mol. The molecule has 0 amide bonds. The number of anilines is 3. The molecule has 0 bridgehead atoms. The Hall–Kier alpha value is -1.82. The molecule has 6 heteroatoms. The molecule has 17 heavy (non-hydrogen) atoms. The van der Waals surface area contributed by atoms with Gasteiger partial charge in [-0.3, -0.25) is 0 Å². The van der Waals surface area contributed by atoms with E-state index in [0.717, 1.165) is 0 Å². The first-order chi connectivity index (χ1) is 8.19. The molecule has 0 aliphatic rings. The second-order valence-electron chi connectivity index (χ2n) is 3.27. The van der Waals surface area contributed by atoms with Crippen molar-refractivity contribution in [2.75, 3.05) is 17.7 Å². The molecule has 0 unspecified atom stereocenters. The maximum absolute atomic E-state index is 13.5. The van der Waals surface area contributed by atoms with Gasteiger partial charge in [0.1, 0.15) is 5.00 Å². The van der Waals surface area contributed by atoms with Gasteiger partial charge in [-0.1, -0.05) is 11.3 Å². The quantitative estimate of drug-likeness (QED) is 0.879. The summed E-state index contributed by atoms with van der Waals surface area (Å²) >= 11 is 1.30. The first-order valence-corrected chi connectivity index (χ1v) is 5.91. The third-order valence-electron chi connectivity index (χ3n) is 2.01. The number of thiazole rings is 1. The highest BCUT2D eigenvalue weighted by molar-refractivity contribution is 7.19. The molecule has 90 valence electrons. The Kier molecular flexibility index (Phi) is 3.43. The molecule has 0 fully saturated rings. The summed E-state index contributed by atoms with van der Waals surface area (Å²) in [5.41, 5.74) is 6.16. The van der Waals surface area contributed by atoms with Crippen LogP contribution < -0.4 is 15.8 Å². The molecule has 1 heterocycles. The van der Waals surface area contributed by atoms with Crippen LogP contribution in [0.2, 0.25) is 0 Å². The van der Waals surface area contributed by atoms with Crippen molar-refractivity contribution in [2.45, 2.75) is 6.92 Å². The molecule has 1 aromatic carbocycles. The largest absolute Gasteiger partial charge is 0.491 e. The Morgan fingerprint density at radius 3 is 2.94 bits per heavy atom. The zero-order chi connectivity index (χ0) is 12.3. The van der Waals surface area contributed by atoms with Gasteiger partial charge in [0.15, 0.2) is 16.7 Å². The number of nitrogen functional groups attached to an aromatic ring is 1. The van der Waals surface area contributed by atoms with Crippen molar-refractivity contribution in [3.63, 3.8) is 0 Å². The second kappa shape index (κ2) is 5.01. The van der Waals surface area contributed by atoms with E-state index >= 15 is 0 Å². The summed E-state index contributed by atoms with van der Waals surface area (Å²) in [7, 11) is 0. The van der Waals surface area contributed by atoms with Gasteiger partial charge in [-0.25, -0.2) is 9.37 Å². The van der Waals surface area contributed by atoms with Crippen molar-refractivity contribution in [2.24, 2.45) is 0 Å². The predicted octanol–water partition coefficient (Wildman–Crippen LogP) is 3.01. The Labute approximate surface area is 102 Å². The number of benzene rings is 1. The smallest absolute Gasteiger partial charge is 0.189 e. The fourth-order valence-electron chi connectivity index (χ4n) is 1.32. The van der Waals surface area contributed by atoms with Crippen LogP contribution in [-0.4, -0.2) is 11.6 Å². The van der Waals surface area contributed by atoms with Gasteiger partial charge in [-0.2, -0.15) is 0 Å². The minimum atomic E-state index is -0.402. The van der Waals surface area contributed by atoms with E-state index in [-0.39, 0.29) is 5.75 Å². The van der Waals surface area contributed by atoms with Crippen LogP contribution in [0.3, 0.4) is 0 Å². The Bertz CT molecular complexity index is 515. The number of aromatic nitrogens is 1. The zero-order valence-corrected chi connectivity index (χ0v) is 10.1. The lowest BCUT2D eigenvalue weighted by Gasteiger charge is -2.07. The van der Waals surface area contributed by atoms with E-state index in [1.165, 1.54) is 17.4 Å². The number of nitrogens with zero attached hydrogens (tertiary/aromatic N) is 1. The lowest BCUT2D eigenvalue weighted by Crippen LogP contribution is -1.96. The van der Waals surface area contributed by atoms with Crippen molar-refractivity contribution in [3.05, 3.63) is 30.2 Å². The van der Waals surface area contributed by atoms with Crippen molar-refractivity contribution in [1.29, 1.82) is 0 Å². The fourth-order valence-corrected chi connectivity index (χ4v) is 1.92. The number of nitrogens with one attached hydrogen (secondary N) is 1. The highest BCUT2D eigenvalue weighted by atomic mass is 32.1. The minimum Gasteiger partial charge on any atom is -0.491 e. The number of ether oxygens (including phenoxy) is 1. The Morgan fingerprint density at radius 2 is 2.35 bits per heavy atom. The molecule has 0 aliphatic carbocycles. The van der Waals surface area contributed by atoms with Gasteiger partial charge in [0, 0.05) is 11.8 Å². The predicted molar refractivity (Wildman–Crippen MR) is 67.4 cm³/mol. The van der Waals surface area contributed by atoms with Crippen molar-refractivity contribution in [1.82, 2.24) is 4.98 Å². The lowest BCUT2D eigenvalue weighted by atomic mass is 10.3. The molecular formula is C11H12FN3OS. The van der Waals surface area contributed by atoms with Crippen LogP contribution in [0.15, 0.2) is 24.4 Å². The Balaban J connectivity index is 2.14. The number of nitrogens with two attached hydrogens (primary N) is 1. The fraction of sp³-hybridized carbons (Fsp3) is 0.182. The molecule has 2 aromatic rings. The molecule has 1 aromatic heterocycles. The molecule has 0 saturated heterocycles.